The van der Waals surface area contributed by atoms with Crippen molar-refractivity contribution in [2.75, 3.05) is 44.3 Å². The molecule has 6 nitrogen and oxygen atoms in total. The van der Waals surface area contributed by atoms with Gasteiger partial charge in [0.05, 0.1) is 17.6 Å². The second kappa shape index (κ2) is 10.6. The van der Waals surface area contributed by atoms with Gasteiger partial charge in [-0.25, -0.2) is 4.98 Å². The topological polar surface area (TPSA) is 57.7 Å². The zero-order chi connectivity index (χ0) is 25.2. The molecular formula is C26H39F3N4O2. The van der Waals surface area contributed by atoms with E-state index in [1.807, 2.05) is 9.80 Å². The number of ether oxygens (including phenoxy) is 1. The van der Waals surface area contributed by atoms with E-state index in [1.165, 1.54) is 6.20 Å². The van der Waals surface area contributed by atoms with Crippen LogP contribution in [-0.2, 0) is 15.7 Å². The van der Waals surface area contributed by atoms with Gasteiger partial charge in [0.2, 0.25) is 5.91 Å². The van der Waals surface area contributed by atoms with Crippen LogP contribution in [0.25, 0.3) is 0 Å². The van der Waals surface area contributed by atoms with Crippen molar-refractivity contribution in [3.8, 4) is 0 Å². The van der Waals surface area contributed by atoms with Crippen molar-refractivity contribution >= 4 is 11.7 Å². The number of hydrogen-bond acceptors (Lipinski definition) is 5. The van der Waals surface area contributed by atoms with E-state index < -0.39 is 11.7 Å². The van der Waals surface area contributed by atoms with Gasteiger partial charge in [0.25, 0.3) is 0 Å². The molecule has 3 fully saturated rings. The van der Waals surface area contributed by atoms with Gasteiger partial charge in [-0.2, -0.15) is 13.2 Å². The van der Waals surface area contributed by atoms with Gasteiger partial charge in [-0.3, -0.25) is 4.79 Å². The molecular weight excluding hydrogens is 457 g/mol. The third kappa shape index (κ3) is 5.61. The first-order valence-electron chi connectivity index (χ1n) is 13.1. The van der Waals surface area contributed by atoms with Crippen molar-refractivity contribution in [2.24, 2.45) is 17.3 Å². The number of alkyl halides is 3. The lowest BCUT2D eigenvalue weighted by Gasteiger charge is -2.42. The Morgan fingerprint density at radius 3 is 2.66 bits per heavy atom. The zero-order valence-corrected chi connectivity index (χ0v) is 21.1. The molecule has 1 amide bonds. The molecule has 196 valence electrons. The Labute approximate surface area is 206 Å². The van der Waals surface area contributed by atoms with Crippen LogP contribution in [0.2, 0.25) is 0 Å². The predicted octanol–water partition coefficient (Wildman–Crippen LogP) is 4.35. The first kappa shape index (κ1) is 26.2. The van der Waals surface area contributed by atoms with Crippen LogP contribution in [0, 0.1) is 17.3 Å². The molecule has 1 N–H and O–H groups in total. The number of hydrogen-bond donors (Lipinski definition) is 1. The predicted molar refractivity (Wildman–Crippen MR) is 129 cm³/mol. The Kier molecular flexibility index (Phi) is 7.95. The van der Waals surface area contributed by atoms with Crippen molar-refractivity contribution in [1.29, 1.82) is 0 Å². The number of carbonyl (C=O) groups excluding carboxylic acids is 1. The molecule has 0 spiro atoms. The number of piperazine rings is 1. The third-order valence-corrected chi connectivity index (χ3v) is 8.49. The van der Waals surface area contributed by atoms with Gasteiger partial charge in [0.1, 0.15) is 5.82 Å². The fraction of sp³-hybridized carbons (Fsp3) is 0.769. The van der Waals surface area contributed by atoms with Crippen LogP contribution in [-0.4, -0.2) is 67.3 Å². The molecule has 0 bridgehead atoms. The standard InChI is InChI=1S/C26H39F3N4O2/c1-4-19-17-35-14-7-22(19)31-21-5-8-25(16-21,18(2)3)24(34)33-12-10-32(11-13-33)23-15-20(6-9-30-23)26(27,28)29/h6,9,15,18-19,21-22,31H,4-5,7-8,10-14,16-17H2,1-3H3/t19?,21?,22?,25-/m0/s1. The third-order valence-electron chi connectivity index (χ3n) is 8.49. The molecule has 1 aromatic rings. The van der Waals surface area contributed by atoms with Gasteiger partial charge in [-0.1, -0.05) is 20.8 Å². The largest absolute Gasteiger partial charge is 0.416 e. The SMILES string of the molecule is CCC1COCCC1NC1CC[C@@](C(=O)N2CCN(c3cc(C(F)(F)F)ccn3)CC2)(C(C)C)C1. The molecule has 35 heavy (non-hydrogen) atoms. The first-order valence-corrected chi connectivity index (χ1v) is 13.1. The van der Waals surface area contributed by atoms with E-state index in [0.717, 1.165) is 57.5 Å². The Bertz CT molecular complexity index is 872. The number of pyridine rings is 1. The number of nitrogens with zero attached hydrogens (tertiary/aromatic N) is 3. The highest BCUT2D eigenvalue weighted by Gasteiger charge is 2.50. The van der Waals surface area contributed by atoms with Gasteiger partial charge >= 0.3 is 6.18 Å². The maximum absolute atomic E-state index is 13.8. The minimum absolute atomic E-state index is 0.201. The lowest BCUT2D eigenvalue weighted by atomic mass is 9.74. The van der Waals surface area contributed by atoms with Crippen LogP contribution in [0.3, 0.4) is 0 Å². The van der Waals surface area contributed by atoms with Crippen LogP contribution in [0.1, 0.15) is 58.4 Å². The minimum atomic E-state index is -4.39. The molecule has 0 aromatic carbocycles. The molecule has 9 heteroatoms. The average molecular weight is 497 g/mol. The highest BCUT2D eigenvalue weighted by molar-refractivity contribution is 5.84. The quantitative estimate of drug-likeness (QED) is 0.635. The Morgan fingerprint density at radius 2 is 2.00 bits per heavy atom. The Balaban J connectivity index is 1.38. The molecule has 3 heterocycles. The molecule has 2 aliphatic heterocycles. The minimum Gasteiger partial charge on any atom is -0.381 e. The van der Waals surface area contributed by atoms with Crippen molar-refractivity contribution < 1.29 is 22.7 Å². The molecule has 1 aliphatic carbocycles. The zero-order valence-electron chi connectivity index (χ0n) is 21.1. The van der Waals surface area contributed by atoms with Crippen LogP contribution in [0.15, 0.2) is 18.3 Å². The number of amides is 1. The maximum atomic E-state index is 13.8. The van der Waals surface area contributed by atoms with Crippen LogP contribution >= 0.6 is 0 Å². The summed E-state index contributed by atoms with van der Waals surface area (Å²) in [5.41, 5.74) is -1.08. The molecule has 4 atom stereocenters. The molecule has 2 saturated heterocycles. The summed E-state index contributed by atoms with van der Waals surface area (Å²) in [7, 11) is 0. The number of rotatable bonds is 6. The van der Waals surface area contributed by atoms with Gasteiger partial charge in [0, 0.05) is 51.1 Å². The molecule has 1 saturated carbocycles. The van der Waals surface area contributed by atoms with Crippen LogP contribution in [0.5, 0.6) is 0 Å². The highest BCUT2D eigenvalue weighted by Crippen LogP contribution is 2.46. The van der Waals surface area contributed by atoms with Crippen molar-refractivity contribution in [2.45, 2.75) is 71.1 Å². The number of anilines is 1. The Hall–Kier alpha value is -1.87. The number of halogens is 3. The fourth-order valence-corrected chi connectivity index (χ4v) is 6.13. The smallest absolute Gasteiger partial charge is 0.381 e. The summed E-state index contributed by atoms with van der Waals surface area (Å²) in [5, 5.41) is 3.87. The van der Waals surface area contributed by atoms with E-state index in [1.54, 1.807) is 0 Å². The van der Waals surface area contributed by atoms with Crippen molar-refractivity contribution in [3.05, 3.63) is 23.9 Å². The normalized spacial score (nSPS) is 30.2. The van der Waals surface area contributed by atoms with Gasteiger partial charge in [0.15, 0.2) is 0 Å². The first-order chi connectivity index (χ1) is 16.6. The van der Waals surface area contributed by atoms with E-state index in [0.29, 0.717) is 50.0 Å². The van der Waals surface area contributed by atoms with Crippen LogP contribution in [0.4, 0.5) is 19.0 Å². The lowest BCUT2D eigenvalue weighted by molar-refractivity contribution is -0.145. The van der Waals surface area contributed by atoms with E-state index >= 15 is 0 Å². The molecule has 1 aromatic heterocycles. The summed E-state index contributed by atoms with van der Waals surface area (Å²) in [6, 6.07) is 2.86. The van der Waals surface area contributed by atoms with Crippen LogP contribution < -0.4 is 10.2 Å². The van der Waals surface area contributed by atoms with Gasteiger partial charge < -0.3 is 19.9 Å². The number of aromatic nitrogens is 1. The second-order valence-electron chi connectivity index (χ2n) is 10.7. The maximum Gasteiger partial charge on any atom is 0.416 e. The number of carbonyl (C=O) groups is 1. The lowest BCUT2D eigenvalue weighted by Crippen LogP contribution is -2.54. The summed E-state index contributed by atoms with van der Waals surface area (Å²) < 4.78 is 45.0. The molecule has 3 unspecified atom stereocenters. The Morgan fingerprint density at radius 1 is 1.26 bits per heavy atom. The van der Waals surface area contributed by atoms with Crippen molar-refractivity contribution in [1.82, 2.24) is 15.2 Å². The second-order valence-corrected chi connectivity index (χ2v) is 10.7. The van der Waals surface area contributed by atoms with E-state index in [2.05, 4.69) is 31.1 Å². The summed E-state index contributed by atoms with van der Waals surface area (Å²) >= 11 is 0. The van der Waals surface area contributed by atoms with Gasteiger partial charge in [-0.15, -0.1) is 0 Å². The summed E-state index contributed by atoms with van der Waals surface area (Å²) in [5.74, 6) is 1.26. The van der Waals surface area contributed by atoms with Gasteiger partial charge in [-0.05, 0) is 56.1 Å². The van der Waals surface area contributed by atoms with Crippen molar-refractivity contribution in [3.63, 3.8) is 0 Å². The monoisotopic (exact) mass is 496 g/mol. The molecule has 3 aliphatic rings. The average Bonchev–Trinajstić information content (AvgIpc) is 3.29. The number of nitrogens with one attached hydrogen (secondary N) is 1. The molecule has 0 radical (unpaired) electrons. The summed E-state index contributed by atoms with van der Waals surface area (Å²) in [4.78, 5) is 21.8. The fourth-order valence-electron chi connectivity index (χ4n) is 6.13. The summed E-state index contributed by atoms with van der Waals surface area (Å²) in [6.45, 7) is 10.1. The summed E-state index contributed by atoms with van der Waals surface area (Å²) in [6.07, 6.45) is 1.62. The molecule has 4 rings (SSSR count). The van der Waals surface area contributed by atoms with E-state index in [9.17, 15) is 18.0 Å². The van der Waals surface area contributed by atoms with E-state index in [4.69, 9.17) is 4.74 Å². The highest BCUT2D eigenvalue weighted by atomic mass is 19.4. The van der Waals surface area contributed by atoms with E-state index in [-0.39, 0.29) is 17.2 Å².